The van der Waals surface area contributed by atoms with Crippen LogP contribution in [-0.4, -0.2) is 31.5 Å². The van der Waals surface area contributed by atoms with Crippen LogP contribution < -0.4 is 10.0 Å². The Bertz CT molecular complexity index is 868. The first-order chi connectivity index (χ1) is 11.2. The normalized spacial score (nSPS) is 12.5. The van der Waals surface area contributed by atoms with E-state index in [-0.39, 0.29) is 5.69 Å². The van der Waals surface area contributed by atoms with E-state index in [0.717, 1.165) is 24.8 Å². The van der Waals surface area contributed by atoms with E-state index in [1.54, 1.807) is 4.72 Å². The number of hydrogen-bond acceptors (Lipinski definition) is 6. The van der Waals surface area contributed by atoms with Crippen LogP contribution in [0.2, 0.25) is 0 Å². The minimum absolute atomic E-state index is 0.213. The van der Waals surface area contributed by atoms with Gasteiger partial charge in [0.2, 0.25) is 10.0 Å². The number of halogens is 2. The van der Waals surface area contributed by atoms with Gasteiger partial charge in [-0.15, -0.1) is 0 Å². The molecule has 0 unspecified atom stereocenters. The molecule has 11 heteroatoms. The molecule has 0 saturated carbocycles. The number of nitrogens with one attached hydrogen (secondary N) is 2. The maximum Gasteiger partial charge on any atom is 0.274 e. The zero-order valence-electron chi connectivity index (χ0n) is 12.1. The molecule has 24 heavy (non-hydrogen) atoms. The summed E-state index contributed by atoms with van der Waals surface area (Å²) in [5.74, 6) is -4.17. The Kier molecular flexibility index (Phi) is 4.93. The summed E-state index contributed by atoms with van der Waals surface area (Å²) in [5.41, 5.74) is -0.635. The molecule has 0 fully saturated rings. The van der Waals surface area contributed by atoms with Crippen molar-refractivity contribution in [2.75, 3.05) is 6.26 Å². The Morgan fingerprint density at radius 3 is 2.54 bits per heavy atom. The maximum atomic E-state index is 13.9. The van der Waals surface area contributed by atoms with Gasteiger partial charge in [0, 0.05) is 11.6 Å². The van der Waals surface area contributed by atoms with Crippen molar-refractivity contribution in [3.63, 3.8) is 0 Å². The van der Waals surface area contributed by atoms with Crippen LogP contribution in [0.15, 0.2) is 35.3 Å². The Hall–Kier alpha value is -2.82. The van der Waals surface area contributed by atoms with Crippen LogP contribution in [0.5, 0.6) is 0 Å². The van der Waals surface area contributed by atoms with Crippen LogP contribution in [-0.2, 0) is 14.8 Å². The van der Waals surface area contributed by atoms with Crippen molar-refractivity contribution in [2.24, 2.45) is 0 Å². The molecular formula is C13H11F2N3O5S. The first-order valence-corrected chi connectivity index (χ1v) is 8.22. The fourth-order valence-electron chi connectivity index (χ4n) is 1.79. The van der Waals surface area contributed by atoms with Crippen LogP contribution in [0.25, 0.3) is 0 Å². The quantitative estimate of drug-likeness (QED) is 0.803. The molecule has 0 radical (unpaired) electrons. The Labute approximate surface area is 134 Å². The van der Waals surface area contributed by atoms with Gasteiger partial charge in [-0.2, -0.15) is 0 Å². The van der Waals surface area contributed by atoms with Crippen molar-refractivity contribution in [2.45, 2.75) is 6.04 Å². The average molecular weight is 359 g/mol. The Balaban J connectivity index is 2.37. The smallest absolute Gasteiger partial charge is 0.274 e. The molecule has 0 bridgehead atoms. The summed E-state index contributed by atoms with van der Waals surface area (Å²) in [6.45, 7) is 0. The van der Waals surface area contributed by atoms with Crippen molar-refractivity contribution in [1.82, 2.24) is 15.0 Å². The fourth-order valence-corrected chi connectivity index (χ4v) is 2.27. The highest BCUT2D eigenvalue weighted by Gasteiger charge is 2.28. The molecule has 2 N–H and O–H groups in total. The number of sulfonamides is 1. The predicted octanol–water partition coefficient (Wildman–Crippen LogP) is 0.500. The lowest BCUT2D eigenvalue weighted by Gasteiger charge is -2.18. The second kappa shape index (κ2) is 6.74. The summed E-state index contributed by atoms with van der Waals surface area (Å²) in [7, 11) is -3.97. The highest BCUT2D eigenvalue weighted by molar-refractivity contribution is 7.89. The molecule has 0 aliphatic heterocycles. The van der Waals surface area contributed by atoms with Gasteiger partial charge >= 0.3 is 0 Å². The van der Waals surface area contributed by atoms with Crippen molar-refractivity contribution in [3.8, 4) is 0 Å². The molecule has 8 nitrogen and oxygen atoms in total. The highest BCUT2D eigenvalue weighted by atomic mass is 32.2. The lowest BCUT2D eigenvalue weighted by atomic mass is 10.1. The van der Waals surface area contributed by atoms with Crippen molar-refractivity contribution in [1.29, 1.82) is 0 Å². The summed E-state index contributed by atoms with van der Waals surface area (Å²) in [6.07, 6.45) is 2.64. The van der Waals surface area contributed by atoms with Gasteiger partial charge in [-0.3, -0.25) is 14.3 Å². The molecule has 2 rings (SSSR count). The molecule has 1 aromatic carbocycles. The van der Waals surface area contributed by atoms with Crippen LogP contribution >= 0.6 is 0 Å². The van der Waals surface area contributed by atoms with Crippen LogP contribution in [0.1, 0.15) is 22.1 Å². The van der Waals surface area contributed by atoms with E-state index < -0.39 is 45.1 Å². The van der Waals surface area contributed by atoms with Gasteiger partial charge in [0.15, 0.2) is 12.1 Å². The zero-order chi connectivity index (χ0) is 17.9. The summed E-state index contributed by atoms with van der Waals surface area (Å²) in [6, 6.07) is 0.546. The number of nitrogens with zero attached hydrogens (tertiary/aromatic N) is 1. The Morgan fingerprint density at radius 1 is 1.29 bits per heavy atom. The van der Waals surface area contributed by atoms with Crippen molar-refractivity contribution >= 4 is 21.8 Å². The standard InChI is InChI=1S/C13H11F2N3O5S/c1-24(21,22)18-13(20)11(8-3-2-7(14)4-9(8)15)17-12(19)10-5-23-6-16-10/h2-6,11H,1H3,(H,17,19)(H,18,20)/t11-/m0/s1. The summed E-state index contributed by atoms with van der Waals surface area (Å²) in [5, 5.41) is 2.12. The second-order valence-corrected chi connectivity index (χ2v) is 6.43. The number of amides is 2. The monoisotopic (exact) mass is 359 g/mol. The lowest BCUT2D eigenvalue weighted by Crippen LogP contribution is -2.42. The van der Waals surface area contributed by atoms with E-state index in [4.69, 9.17) is 0 Å². The number of rotatable bonds is 5. The van der Waals surface area contributed by atoms with Gasteiger partial charge in [0.1, 0.15) is 23.9 Å². The van der Waals surface area contributed by atoms with E-state index in [1.165, 1.54) is 0 Å². The molecule has 0 saturated heterocycles. The van der Waals surface area contributed by atoms with E-state index in [0.29, 0.717) is 12.3 Å². The van der Waals surface area contributed by atoms with E-state index in [1.807, 2.05) is 0 Å². The largest absolute Gasteiger partial charge is 0.451 e. The van der Waals surface area contributed by atoms with Gasteiger partial charge in [0.05, 0.1) is 6.26 Å². The third-order valence-electron chi connectivity index (χ3n) is 2.76. The molecule has 0 aliphatic rings. The van der Waals surface area contributed by atoms with Gasteiger partial charge in [-0.05, 0) is 6.07 Å². The number of hydrogen-bond donors (Lipinski definition) is 2. The van der Waals surface area contributed by atoms with Crippen molar-refractivity contribution in [3.05, 3.63) is 53.7 Å². The molecule has 0 spiro atoms. The van der Waals surface area contributed by atoms with Gasteiger partial charge in [0.25, 0.3) is 11.8 Å². The van der Waals surface area contributed by atoms with Gasteiger partial charge in [-0.25, -0.2) is 22.2 Å². The van der Waals surface area contributed by atoms with E-state index in [9.17, 15) is 26.8 Å². The second-order valence-electron chi connectivity index (χ2n) is 4.68. The zero-order valence-corrected chi connectivity index (χ0v) is 12.9. The number of aromatic nitrogens is 1. The summed E-state index contributed by atoms with van der Waals surface area (Å²) in [4.78, 5) is 27.6. The molecule has 128 valence electrons. The molecule has 2 amide bonds. The van der Waals surface area contributed by atoms with E-state index >= 15 is 0 Å². The maximum absolute atomic E-state index is 13.9. The molecule has 1 heterocycles. The predicted molar refractivity (Wildman–Crippen MR) is 76.1 cm³/mol. The number of benzene rings is 1. The third kappa shape index (κ3) is 4.35. The topological polar surface area (TPSA) is 118 Å². The number of oxazole rings is 1. The average Bonchev–Trinajstić information content (AvgIpc) is 2.97. The van der Waals surface area contributed by atoms with Gasteiger partial charge in [-0.1, -0.05) is 6.07 Å². The summed E-state index contributed by atoms with van der Waals surface area (Å²) >= 11 is 0. The molecular weight excluding hydrogens is 348 g/mol. The van der Waals surface area contributed by atoms with Crippen LogP contribution in [0, 0.1) is 11.6 Å². The van der Waals surface area contributed by atoms with Crippen molar-refractivity contribution < 1.29 is 31.2 Å². The lowest BCUT2D eigenvalue weighted by molar-refractivity contribution is -0.121. The molecule has 0 aliphatic carbocycles. The highest BCUT2D eigenvalue weighted by Crippen LogP contribution is 2.19. The van der Waals surface area contributed by atoms with Crippen LogP contribution in [0.4, 0.5) is 8.78 Å². The third-order valence-corrected chi connectivity index (χ3v) is 3.33. The van der Waals surface area contributed by atoms with Gasteiger partial charge < -0.3 is 9.73 Å². The minimum Gasteiger partial charge on any atom is -0.451 e. The molecule has 1 atom stereocenters. The molecule has 1 aromatic heterocycles. The van der Waals surface area contributed by atoms with Crippen LogP contribution in [0.3, 0.4) is 0 Å². The first-order valence-electron chi connectivity index (χ1n) is 6.33. The van der Waals surface area contributed by atoms with E-state index in [2.05, 4.69) is 14.7 Å². The fraction of sp³-hybridized carbons (Fsp3) is 0.154. The summed E-state index contributed by atoms with van der Waals surface area (Å²) < 4.78 is 55.6. The minimum atomic E-state index is -3.97. The number of carbonyl (C=O) groups is 2. The molecule has 2 aromatic rings. The Morgan fingerprint density at radius 2 is 2.00 bits per heavy atom. The SMILES string of the molecule is CS(=O)(=O)NC(=O)[C@@H](NC(=O)c1cocn1)c1ccc(F)cc1F. The first kappa shape index (κ1) is 17.5. The number of carbonyl (C=O) groups excluding carboxylic acids is 2.